The van der Waals surface area contributed by atoms with Gasteiger partial charge in [-0.05, 0) is 50.8 Å². The molecule has 1 spiro atoms. The summed E-state index contributed by atoms with van der Waals surface area (Å²) in [5.41, 5.74) is 0.819. The maximum atomic E-state index is 13.9. The summed E-state index contributed by atoms with van der Waals surface area (Å²) in [6, 6.07) is 6.49. The molecule has 0 unspecified atom stereocenters. The van der Waals surface area contributed by atoms with Crippen LogP contribution in [-0.2, 0) is 4.79 Å². The molecule has 1 N–H and O–H groups in total. The maximum absolute atomic E-state index is 13.9. The van der Waals surface area contributed by atoms with E-state index >= 15 is 0 Å². The molecular formula is C17H23FN2O. The molecule has 1 aliphatic heterocycles. The van der Waals surface area contributed by atoms with Crippen molar-refractivity contribution in [1.82, 2.24) is 10.2 Å². The lowest BCUT2D eigenvalue weighted by Gasteiger charge is -2.28. The molecule has 2 fully saturated rings. The summed E-state index contributed by atoms with van der Waals surface area (Å²) in [6.45, 7) is 3.92. The Morgan fingerprint density at radius 3 is 2.71 bits per heavy atom. The first-order valence-electron chi connectivity index (χ1n) is 7.77. The first-order chi connectivity index (χ1) is 10.1. The minimum absolute atomic E-state index is 0.138. The van der Waals surface area contributed by atoms with Gasteiger partial charge < -0.3 is 10.2 Å². The number of carbonyl (C=O) groups is 1. The van der Waals surface area contributed by atoms with Crippen LogP contribution in [-0.4, -0.2) is 30.9 Å². The number of amides is 1. The Morgan fingerprint density at radius 2 is 2.05 bits per heavy atom. The van der Waals surface area contributed by atoms with Crippen molar-refractivity contribution < 1.29 is 9.18 Å². The molecule has 4 heteroatoms. The van der Waals surface area contributed by atoms with Crippen LogP contribution in [0.5, 0.6) is 0 Å². The number of benzene rings is 1. The van der Waals surface area contributed by atoms with Gasteiger partial charge in [-0.3, -0.25) is 4.79 Å². The van der Waals surface area contributed by atoms with Crippen LogP contribution in [0.4, 0.5) is 4.39 Å². The molecule has 2 aliphatic rings. The van der Waals surface area contributed by atoms with Crippen molar-refractivity contribution in [3.8, 4) is 0 Å². The van der Waals surface area contributed by atoms with E-state index in [4.69, 9.17) is 0 Å². The average Bonchev–Trinajstić information content (AvgIpc) is 3.19. The van der Waals surface area contributed by atoms with Crippen LogP contribution in [0.1, 0.15) is 37.8 Å². The van der Waals surface area contributed by atoms with Gasteiger partial charge in [-0.2, -0.15) is 0 Å². The SMILES string of the molecule is C[C@H](c1ccccc1F)N(C)C(=O)[C@@H]1CC12CCNCC2. The Morgan fingerprint density at radius 1 is 1.38 bits per heavy atom. The summed E-state index contributed by atoms with van der Waals surface area (Å²) in [4.78, 5) is 14.4. The molecule has 0 radical (unpaired) electrons. The van der Waals surface area contributed by atoms with E-state index in [1.807, 2.05) is 13.0 Å². The number of rotatable bonds is 3. The molecule has 114 valence electrons. The Labute approximate surface area is 125 Å². The molecule has 1 aromatic carbocycles. The van der Waals surface area contributed by atoms with Crippen molar-refractivity contribution in [3.63, 3.8) is 0 Å². The van der Waals surface area contributed by atoms with Crippen molar-refractivity contribution in [3.05, 3.63) is 35.6 Å². The number of halogens is 1. The van der Waals surface area contributed by atoms with Gasteiger partial charge in [0.2, 0.25) is 5.91 Å². The zero-order valence-electron chi connectivity index (χ0n) is 12.7. The highest BCUT2D eigenvalue weighted by Crippen LogP contribution is 2.59. The molecule has 1 saturated heterocycles. The number of nitrogens with one attached hydrogen (secondary N) is 1. The van der Waals surface area contributed by atoms with Gasteiger partial charge in [0, 0.05) is 18.5 Å². The van der Waals surface area contributed by atoms with Crippen molar-refractivity contribution in [2.45, 2.75) is 32.2 Å². The van der Waals surface area contributed by atoms with Crippen LogP contribution in [0.3, 0.4) is 0 Å². The van der Waals surface area contributed by atoms with Crippen LogP contribution in [0, 0.1) is 17.2 Å². The average molecular weight is 290 g/mol. The normalized spacial score (nSPS) is 24.6. The molecule has 1 saturated carbocycles. The lowest BCUT2D eigenvalue weighted by atomic mass is 9.91. The first-order valence-corrected chi connectivity index (χ1v) is 7.77. The number of hydrogen-bond acceptors (Lipinski definition) is 2. The summed E-state index contributed by atoms with van der Waals surface area (Å²) in [5, 5.41) is 3.35. The fourth-order valence-corrected chi connectivity index (χ4v) is 3.63. The van der Waals surface area contributed by atoms with E-state index in [1.54, 1.807) is 24.1 Å². The van der Waals surface area contributed by atoms with Gasteiger partial charge in [-0.1, -0.05) is 18.2 Å². The lowest BCUT2D eigenvalue weighted by molar-refractivity contribution is -0.134. The quantitative estimate of drug-likeness (QED) is 0.928. The topological polar surface area (TPSA) is 32.3 Å². The molecule has 0 aromatic heterocycles. The van der Waals surface area contributed by atoms with Crippen LogP contribution in [0.15, 0.2) is 24.3 Å². The molecule has 21 heavy (non-hydrogen) atoms. The van der Waals surface area contributed by atoms with Gasteiger partial charge in [-0.25, -0.2) is 4.39 Å². The summed E-state index contributed by atoms with van der Waals surface area (Å²) in [6.07, 6.45) is 3.18. The standard InChI is InChI=1S/C17H23FN2O/c1-12(13-5-3-4-6-15(13)18)20(2)16(21)14-11-17(14)7-9-19-10-8-17/h3-6,12,14,19H,7-11H2,1-2H3/t12-,14+/m1/s1. The highest BCUT2D eigenvalue weighted by Gasteiger charge is 2.58. The number of nitrogens with zero attached hydrogens (tertiary/aromatic N) is 1. The number of hydrogen-bond donors (Lipinski definition) is 1. The van der Waals surface area contributed by atoms with Crippen LogP contribution in [0.25, 0.3) is 0 Å². The fourth-order valence-electron chi connectivity index (χ4n) is 3.63. The molecular weight excluding hydrogens is 267 g/mol. The first kappa shape index (κ1) is 14.5. The van der Waals surface area contributed by atoms with Crippen molar-refractivity contribution in [2.24, 2.45) is 11.3 Å². The monoisotopic (exact) mass is 290 g/mol. The molecule has 1 amide bonds. The van der Waals surface area contributed by atoms with E-state index < -0.39 is 0 Å². The molecule has 3 rings (SSSR count). The second-order valence-electron chi connectivity index (χ2n) is 6.52. The van der Waals surface area contributed by atoms with Gasteiger partial charge >= 0.3 is 0 Å². The fraction of sp³-hybridized carbons (Fsp3) is 0.588. The van der Waals surface area contributed by atoms with Crippen LogP contribution >= 0.6 is 0 Å². The summed E-state index contributed by atoms with van der Waals surface area (Å²) >= 11 is 0. The van der Waals surface area contributed by atoms with E-state index in [1.165, 1.54) is 6.07 Å². The summed E-state index contributed by atoms with van der Waals surface area (Å²) in [5.74, 6) is 0.0727. The van der Waals surface area contributed by atoms with E-state index in [2.05, 4.69) is 5.32 Å². The predicted molar refractivity (Wildman–Crippen MR) is 80.2 cm³/mol. The van der Waals surface area contributed by atoms with Crippen molar-refractivity contribution in [2.75, 3.05) is 20.1 Å². The van der Waals surface area contributed by atoms with Crippen LogP contribution < -0.4 is 5.32 Å². The van der Waals surface area contributed by atoms with Gasteiger partial charge in [0.15, 0.2) is 0 Å². The smallest absolute Gasteiger partial charge is 0.226 e. The van der Waals surface area contributed by atoms with Gasteiger partial charge in [0.05, 0.1) is 6.04 Å². The van der Waals surface area contributed by atoms with Crippen molar-refractivity contribution >= 4 is 5.91 Å². The third kappa shape index (κ3) is 2.57. The Hall–Kier alpha value is -1.42. The summed E-state index contributed by atoms with van der Waals surface area (Å²) < 4.78 is 13.9. The highest BCUT2D eigenvalue weighted by atomic mass is 19.1. The van der Waals surface area contributed by atoms with E-state index in [-0.39, 0.29) is 29.1 Å². The van der Waals surface area contributed by atoms with Gasteiger partial charge in [-0.15, -0.1) is 0 Å². The molecule has 1 heterocycles. The molecule has 2 atom stereocenters. The molecule has 0 bridgehead atoms. The second kappa shape index (κ2) is 5.41. The zero-order valence-corrected chi connectivity index (χ0v) is 12.7. The Bertz CT molecular complexity index is 539. The zero-order chi connectivity index (χ0) is 15.0. The molecule has 3 nitrogen and oxygen atoms in total. The van der Waals surface area contributed by atoms with E-state index in [0.29, 0.717) is 5.56 Å². The maximum Gasteiger partial charge on any atom is 0.226 e. The lowest BCUT2D eigenvalue weighted by Crippen LogP contribution is -2.36. The number of carbonyl (C=O) groups excluding carboxylic acids is 1. The van der Waals surface area contributed by atoms with Gasteiger partial charge in [0.25, 0.3) is 0 Å². The Kier molecular flexibility index (Phi) is 3.74. The van der Waals surface area contributed by atoms with Crippen molar-refractivity contribution in [1.29, 1.82) is 0 Å². The molecule has 1 aromatic rings. The summed E-state index contributed by atoms with van der Waals surface area (Å²) in [7, 11) is 1.80. The van der Waals surface area contributed by atoms with Gasteiger partial charge in [0.1, 0.15) is 5.82 Å². The Balaban J connectivity index is 1.69. The molecule has 1 aliphatic carbocycles. The van der Waals surface area contributed by atoms with Crippen LogP contribution in [0.2, 0.25) is 0 Å². The highest BCUT2D eigenvalue weighted by molar-refractivity contribution is 5.83. The third-order valence-corrected chi connectivity index (χ3v) is 5.37. The third-order valence-electron chi connectivity index (χ3n) is 5.37. The number of piperidine rings is 1. The predicted octanol–water partition coefficient (Wildman–Crippen LogP) is 2.73. The minimum atomic E-state index is -0.239. The minimum Gasteiger partial charge on any atom is -0.339 e. The van der Waals surface area contributed by atoms with E-state index in [0.717, 1.165) is 32.4 Å². The van der Waals surface area contributed by atoms with E-state index in [9.17, 15) is 9.18 Å². The largest absolute Gasteiger partial charge is 0.339 e. The second-order valence-corrected chi connectivity index (χ2v) is 6.52.